The number of carbonyl (C=O) groups excluding carboxylic acids is 1. The third kappa shape index (κ3) is 4.12. The number of carbonyl (C=O) groups is 1. The molecule has 31 heavy (non-hydrogen) atoms. The SMILES string of the molecule is CCCOc1cc(F)ccc1-c1[nH]nc2ncc(-c3cccc(C(=O)N(C)C)c3)cc12. The Morgan fingerprint density at radius 2 is 1.97 bits per heavy atom. The van der Waals surface area contributed by atoms with E-state index in [-0.39, 0.29) is 11.7 Å². The van der Waals surface area contributed by atoms with Crippen LogP contribution in [0.4, 0.5) is 4.39 Å². The number of halogens is 1. The minimum absolute atomic E-state index is 0.0658. The maximum absolute atomic E-state index is 13.8. The molecule has 1 N–H and O–H groups in total. The molecule has 4 rings (SSSR count). The Bertz CT molecular complexity index is 1250. The van der Waals surface area contributed by atoms with Crippen molar-refractivity contribution in [2.24, 2.45) is 0 Å². The van der Waals surface area contributed by atoms with E-state index in [9.17, 15) is 9.18 Å². The molecule has 7 heteroatoms. The Morgan fingerprint density at radius 1 is 1.13 bits per heavy atom. The molecular formula is C24H23FN4O2. The van der Waals surface area contributed by atoms with Crippen molar-refractivity contribution in [2.45, 2.75) is 13.3 Å². The lowest BCUT2D eigenvalue weighted by atomic mass is 10.0. The zero-order chi connectivity index (χ0) is 22.0. The highest BCUT2D eigenvalue weighted by Gasteiger charge is 2.16. The summed E-state index contributed by atoms with van der Waals surface area (Å²) in [5, 5.41) is 8.10. The largest absolute Gasteiger partial charge is 0.493 e. The van der Waals surface area contributed by atoms with Crippen LogP contribution in [0.3, 0.4) is 0 Å². The fraction of sp³-hybridized carbons (Fsp3) is 0.208. The van der Waals surface area contributed by atoms with Crippen molar-refractivity contribution in [2.75, 3.05) is 20.7 Å². The molecule has 0 saturated heterocycles. The number of fused-ring (bicyclic) bond motifs is 1. The van der Waals surface area contributed by atoms with E-state index in [1.54, 1.807) is 37.3 Å². The molecule has 0 aliphatic carbocycles. The molecule has 0 spiro atoms. The van der Waals surface area contributed by atoms with Crippen LogP contribution in [0, 0.1) is 5.82 Å². The Labute approximate surface area is 179 Å². The maximum Gasteiger partial charge on any atom is 0.253 e. The molecule has 0 aliphatic heterocycles. The Morgan fingerprint density at radius 3 is 2.74 bits per heavy atom. The van der Waals surface area contributed by atoms with Crippen molar-refractivity contribution in [1.82, 2.24) is 20.1 Å². The Hall–Kier alpha value is -3.74. The van der Waals surface area contributed by atoms with Gasteiger partial charge in [-0.2, -0.15) is 5.10 Å². The van der Waals surface area contributed by atoms with E-state index in [0.717, 1.165) is 22.9 Å². The van der Waals surface area contributed by atoms with E-state index >= 15 is 0 Å². The molecular weight excluding hydrogens is 395 g/mol. The lowest BCUT2D eigenvalue weighted by Crippen LogP contribution is -2.21. The second kappa shape index (κ2) is 8.55. The van der Waals surface area contributed by atoms with Crippen LogP contribution in [-0.2, 0) is 0 Å². The number of nitrogens with zero attached hydrogens (tertiary/aromatic N) is 3. The average molecular weight is 418 g/mol. The first-order chi connectivity index (χ1) is 15.0. The van der Waals surface area contributed by atoms with E-state index in [2.05, 4.69) is 15.2 Å². The topological polar surface area (TPSA) is 71.1 Å². The monoisotopic (exact) mass is 418 g/mol. The first-order valence-electron chi connectivity index (χ1n) is 10.1. The highest BCUT2D eigenvalue weighted by Crippen LogP contribution is 2.35. The number of hydrogen-bond donors (Lipinski definition) is 1. The molecule has 2 aromatic carbocycles. The Balaban J connectivity index is 1.80. The highest BCUT2D eigenvalue weighted by molar-refractivity contribution is 5.97. The van der Waals surface area contributed by atoms with Gasteiger partial charge in [-0.3, -0.25) is 9.89 Å². The summed E-state index contributed by atoms with van der Waals surface area (Å²) in [6.45, 7) is 2.48. The Kier molecular flexibility index (Phi) is 5.66. The fourth-order valence-electron chi connectivity index (χ4n) is 3.39. The van der Waals surface area contributed by atoms with Gasteiger partial charge in [-0.15, -0.1) is 0 Å². The summed E-state index contributed by atoms with van der Waals surface area (Å²) >= 11 is 0. The number of ether oxygens (including phenoxy) is 1. The summed E-state index contributed by atoms with van der Waals surface area (Å²) in [5.41, 5.74) is 4.29. The van der Waals surface area contributed by atoms with Crippen molar-refractivity contribution in [1.29, 1.82) is 0 Å². The second-order valence-corrected chi connectivity index (χ2v) is 7.46. The van der Waals surface area contributed by atoms with Gasteiger partial charge in [-0.05, 0) is 42.3 Å². The van der Waals surface area contributed by atoms with Crippen LogP contribution in [0.2, 0.25) is 0 Å². The summed E-state index contributed by atoms with van der Waals surface area (Å²) in [5.74, 6) is 0.0279. The molecule has 0 aliphatic rings. The van der Waals surface area contributed by atoms with E-state index in [4.69, 9.17) is 4.74 Å². The summed E-state index contributed by atoms with van der Waals surface area (Å²) in [6.07, 6.45) is 2.54. The molecule has 0 saturated carbocycles. The van der Waals surface area contributed by atoms with E-state index < -0.39 is 0 Å². The predicted octanol–water partition coefficient (Wildman–Crippen LogP) is 4.92. The lowest BCUT2D eigenvalue weighted by molar-refractivity contribution is 0.0827. The second-order valence-electron chi connectivity index (χ2n) is 7.46. The number of pyridine rings is 1. The molecule has 2 aromatic heterocycles. The number of amides is 1. The molecule has 4 aromatic rings. The van der Waals surface area contributed by atoms with Crippen LogP contribution >= 0.6 is 0 Å². The van der Waals surface area contributed by atoms with Crippen LogP contribution in [-0.4, -0.2) is 46.7 Å². The number of benzene rings is 2. The first-order valence-corrected chi connectivity index (χ1v) is 10.1. The number of nitrogens with one attached hydrogen (secondary N) is 1. The molecule has 1 amide bonds. The number of H-pyrrole nitrogens is 1. The summed E-state index contributed by atoms with van der Waals surface area (Å²) < 4.78 is 19.6. The minimum atomic E-state index is -0.361. The van der Waals surface area contributed by atoms with Crippen LogP contribution in [0.1, 0.15) is 23.7 Å². The number of hydrogen-bond acceptors (Lipinski definition) is 4. The predicted molar refractivity (Wildman–Crippen MR) is 119 cm³/mol. The molecule has 158 valence electrons. The van der Waals surface area contributed by atoms with Gasteiger partial charge in [0.15, 0.2) is 5.65 Å². The van der Waals surface area contributed by atoms with Gasteiger partial charge >= 0.3 is 0 Å². The van der Waals surface area contributed by atoms with Gasteiger partial charge in [0.2, 0.25) is 0 Å². The van der Waals surface area contributed by atoms with Crippen molar-refractivity contribution in [3.05, 3.63) is 66.1 Å². The van der Waals surface area contributed by atoms with Crippen molar-refractivity contribution < 1.29 is 13.9 Å². The van der Waals surface area contributed by atoms with Gasteiger partial charge in [0.05, 0.1) is 12.3 Å². The van der Waals surface area contributed by atoms with Gasteiger partial charge in [-0.25, -0.2) is 9.37 Å². The van der Waals surface area contributed by atoms with Gasteiger partial charge in [0.25, 0.3) is 5.91 Å². The molecule has 0 unspecified atom stereocenters. The van der Waals surface area contributed by atoms with Gasteiger partial charge < -0.3 is 9.64 Å². The van der Waals surface area contributed by atoms with E-state index in [0.29, 0.717) is 34.8 Å². The normalized spacial score (nSPS) is 11.0. The number of aromatic nitrogens is 3. The fourth-order valence-corrected chi connectivity index (χ4v) is 3.39. The van der Waals surface area contributed by atoms with Crippen molar-refractivity contribution in [3.63, 3.8) is 0 Å². The molecule has 6 nitrogen and oxygen atoms in total. The molecule has 2 heterocycles. The zero-order valence-corrected chi connectivity index (χ0v) is 17.6. The summed E-state index contributed by atoms with van der Waals surface area (Å²) in [6, 6.07) is 13.8. The third-order valence-corrected chi connectivity index (χ3v) is 4.93. The van der Waals surface area contributed by atoms with Crippen LogP contribution in [0.5, 0.6) is 5.75 Å². The molecule has 0 fully saturated rings. The van der Waals surface area contributed by atoms with Crippen LogP contribution < -0.4 is 4.74 Å². The molecule has 0 bridgehead atoms. The molecule has 0 radical (unpaired) electrons. The quantitative estimate of drug-likeness (QED) is 0.482. The average Bonchev–Trinajstić information content (AvgIpc) is 3.20. The standard InChI is InChI=1S/C24H23FN4O2/c1-4-10-31-21-13-18(25)8-9-19(21)22-20-12-17(14-26-23(20)28-27-22)15-6-5-7-16(11-15)24(30)29(2)3/h5-9,11-14H,4,10H2,1-3H3,(H,26,27,28). The van der Waals surface area contributed by atoms with Crippen molar-refractivity contribution in [3.8, 4) is 28.1 Å². The summed E-state index contributed by atoms with van der Waals surface area (Å²) in [4.78, 5) is 18.4. The van der Waals surface area contributed by atoms with Gasteiger partial charge in [-0.1, -0.05) is 19.1 Å². The molecule has 0 atom stereocenters. The zero-order valence-electron chi connectivity index (χ0n) is 17.6. The van der Waals surface area contributed by atoms with E-state index in [1.807, 2.05) is 31.2 Å². The third-order valence-electron chi connectivity index (χ3n) is 4.93. The van der Waals surface area contributed by atoms with Crippen LogP contribution in [0.15, 0.2) is 54.7 Å². The van der Waals surface area contributed by atoms with Gasteiger partial charge in [0.1, 0.15) is 11.6 Å². The number of aromatic amines is 1. The lowest BCUT2D eigenvalue weighted by Gasteiger charge is -2.12. The minimum Gasteiger partial charge on any atom is -0.493 e. The van der Waals surface area contributed by atoms with Gasteiger partial charge in [0, 0.05) is 48.4 Å². The summed E-state index contributed by atoms with van der Waals surface area (Å²) in [7, 11) is 3.45. The first kappa shape index (κ1) is 20.5. The van der Waals surface area contributed by atoms with E-state index in [1.165, 1.54) is 12.1 Å². The number of rotatable bonds is 6. The highest BCUT2D eigenvalue weighted by atomic mass is 19.1. The van der Waals surface area contributed by atoms with Crippen LogP contribution in [0.25, 0.3) is 33.4 Å². The smallest absolute Gasteiger partial charge is 0.253 e. The van der Waals surface area contributed by atoms with Crippen molar-refractivity contribution >= 4 is 16.9 Å². The maximum atomic E-state index is 13.8.